The van der Waals surface area contributed by atoms with E-state index in [1.165, 1.54) is 12.7 Å². The maximum atomic E-state index is 14.8. The first-order valence-electron chi connectivity index (χ1n) is 18.9. The zero-order chi connectivity index (χ0) is 37.4. The number of hydrogen-bond donors (Lipinski definition) is 0. The van der Waals surface area contributed by atoms with Gasteiger partial charge in [-0.15, -0.1) is 6.58 Å². The van der Waals surface area contributed by atoms with Gasteiger partial charge in [-0.25, -0.2) is 0 Å². The molecule has 8 nitrogen and oxygen atoms in total. The highest BCUT2D eigenvalue weighted by Crippen LogP contribution is 2.58. The van der Waals surface area contributed by atoms with Crippen LogP contribution >= 0.6 is 0 Å². The molecule has 6 unspecified atom stereocenters. The number of benzene rings is 2. The summed E-state index contributed by atoms with van der Waals surface area (Å²) < 4.78 is 23.4. The molecule has 8 heteroatoms. The fraction of sp³-hybridized carbons (Fsp3) is 0.545. The molecule has 0 spiro atoms. The van der Waals surface area contributed by atoms with Crippen LogP contribution in [0.25, 0.3) is 16.3 Å². The van der Waals surface area contributed by atoms with E-state index in [4.69, 9.17) is 18.9 Å². The summed E-state index contributed by atoms with van der Waals surface area (Å²) in [6.07, 6.45) is 11.3. The van der Waals surface area contributed by atoms with Gasteiger partial charge in [0.05, 0.1) is 26.1 Å². The number of carbonyl (C=O) groups is 4. The molecule has 278 valence electrons. The zero-order valence-corrected chi connectivity index (χ0v) is 31.6. The Morgan fingerprint density at radius 1 is 1.00 bits per heavy atom. The van der Waals surface area contributed by atoms with E-state index >= 15 is 0 Å². The number of allylic oxidation sites excluding steroid dienone is 5. The second kappa shape index (κ2) is 15.0. The Kier molecular flexibility index (Phi) is 10.9. The van der Waals surface area contributed by atoms with Gasteiger partial charge in [0.15, 0.2) is 0 Å². The Labute approximate surface area is 308 Å². The average molecular weight is 711 g/mol. The van der Waals surface area contributed by atoms with Crippen LogP contribution in [0.4, 0.5) is 0 Å². The monoisotopic (exact) mass is 710 g/mol. The van der Waals surface area contributed by atoms with Crippen molar-refractivity contribution in [1.29, 1.82) is 0 Å². The van der Waals surface area contributed by atoms with E-state index in [1.807, 2.05) is 45.0 Å². The first kappa shape index (κ1) is 37.6. The Hall–Kier alpha value is -4.20. The minimum Gasteiger partial charge on any atom is -0.497 e. The second-order valence-electron chi connectivity index (χ2n) is 16.6. The lowest BCUT2D eigenvalue weighted by Gasteiger charge is -2.32. The SMILES string of the molecule is C=CC1CC1(CC(=O)C1CC(Oc2cc(C3=CCC(C)=C3)cc3cc(OC)ccc23)CC1C(=O)C(CC(=O)OC1CCCC1)C(C)(C)C)C(=O)OC. The van der Waals surface area contributed by atoms with Crippen molar-refractivity contribution in [1.82, 2.24) is 0 Å². The molecule has 4 aliphatic rings. The standard InChI is InChI=1S/C44H54O8/c1-8-30-24-44(30,42(48)50-7)25-38(45)35-21-33(22-36(35)41(47)37(43(3,4)5)23-40(46)52-31-11-9-10-12-31)51-39-20-28(27-14-13-26(2)17-27)18-29-19-32(49-6)15-16-34(29)39/h8,14-20,30-31,33,35-37H,1,9-13,21-25H2,2-7H3. The minimum absolute atomic E-state index is 0.0283. The first-order valence-corrected chi connectivity index (χ1v) is 18.9. The first-order chi connectivity index (χ1) is 24.8. The summed E-state index contributed by atoms with van der Waals surface area (Å²) in [5.41, 5.74) is 1.90. The molecule has 0 bridgehead atoms. The fourth-order valence-corrected chi connectivity index (χ4v) is 8.79. The van der Waals surface area contributed by atoms with E-state index in [0.717, 1.165) is 59.8 Å². The Morgan fingerprint density at radius 2 is 1.73 bits per heavy atom. The topological polar surface area (TPSA) is 105 Å². The lowest BCUT2D eigenvalue weighted by Crippen LogP contribution is -2.39. The van der Waals surface area contributed by atoms with Gasteiger partial charge in [-0.2, -0.15) is 0 Å². The zero-order valence-electron chi connectivity index (χ0n) is 31.6. The predicted octanol–water partition coefficient (Wildman–Crippen LogP) is 8.79. The molecule has 6 atom stereocenters. The van der Waals surface area contributed by atoms with Crippen LogP contribution in [0, 0.1) is 34.5 Å². The molecular formula is C44H54O8. The van der Waals surface area contributed by atoms with E-state index in [1.54, 1.807) is 13.2 Å². The van der Waals surface area contributed by atoms with Crippen LogP contribution in [-0.2, 0) is 28.7 Å². The van der Waals surface area contributed by atoms with Crippen molar-refractivity contribution in [2.45, 2.75) is 104 Å². The molecule has 4 aliphatic carbocycles. The van der Waals surface area contributed by atoms with E-state index in [9.17, 15) is 19.2 Å². The largest absolute Gasteiger partial charge is 0.497 e. The van der Waals surface area contributed by atoms with Crippen molar-refractivity contribution in [3.05, 3.63) is 66.3 Å². The number of hydrogen-bond acceptors (Lipinski definition) is 8. The second-order valence-corrected chi connectivity index (χ2v) is 16.6. The third-order valence-electron chi connectivity index (χ3n) is 12.0. The van der Waals surface area contributed by atoms with Crippen LogP contribution in [0.5, 0.6) is 11.5 Å². The molecule has 0 N–H and O–H groups in total. The Morgan fingerprint density at radius 3 is 2.35 bits per heavy atom. The predicted molar refractivity (Wildman–Crippen MR) is 201 cm³/mol. The minimum atomic E-state index is -0.959. The number of methoxy groups -OCH3 is 2. The molecule has 2 aromatic rings. The fourth-order valence-electron chi connectivity index (χ4n) is 8.79. The molecule has 6 rings (SSSR count). The van der Waals surface area contributed by atoms with Crippen LogP contribution < -0.4 is 9.47 Å². The summed E-state index contributed by atoms with van der Waals surface area (Å²) in [6.45, 7) is 11.9. The van der Waals surface area contributed by atoms with Gasteiger partial charge in [-0.1, -0.05) is 44.6 Å². The molecule has 0 aromatic heterocycles. The van der Waals surface area contributed by atoms with E-state index in [-0.39, 0.29) is 42.4 Å². The van der Waals surface area contributed by atoms with E-state index in [2.05, 4.69) is 31.7 Å². The van der Waals surface area contributed by atoms with Gasteiger partial charge < -0.3 is 18.9 Å². The highest BCUT2D eigenvalue weighted by Gasteiger charge is 2.61. The van der Waals surface area contributed by atoms with Crippen molar-refractivity contribution >= 4 is 39.9 Å². The van der Waals surface area contributed by atoms with Gasteiger partial charge in [-0.3, -0.25) is 19.2 Å². The van der Waals surface area contributed by atoms with E-state index in [0.29, 0.717) is 25.0 Å². The molecule has 3 saturated carbocycles. The maximum absolute atomic E-state index is 14.8. The molecule has 0 radical (unpaired) electrons. The third kappa shape index (κ3) is 7.77. The van der Waals surface area contributed by atoms with Crippen LogP contribution in [-0.4, -0.2) is 49.9 Å². The number of esters is 2. The molecular weight excluding hydrogens is 656 g/mol. The summed E-state index contributed by atoms with van der Waals surface area (Å²) in [5.74, 6) is -1.84. The number of fused-ring (bicyclic) bond motifs is 1. The third-order valence-corrected chi connectivity index (χ3v) is 12.0. The summed E-state index contributed by atoms with van der Waals surface area (Å²) >= 11 is 0. The smallest absolute Gasteiger partial charge is 0.312 e. The quantitative estimate of drug-likeness (QED) is 0.142. The van der Waals surface area contributed by atoms with Gasteiger partial charge in [-0.05, 0) is 116 Å². The van der Waals surface area contributed by atoms with Crippen molar-refractivity contribution in [2.24, 2.45) is 34.5 Å². The summed E-state index contributed by atoms with van der Waals surface area (Å²) in [4.78, 5) is 55.4. The Balaban J connectivity index is 1.32. The van der Waals surface area contributed by atoms with Gasteiger partial charge in [0.1, 0.15) is 35.3 Å². The average Bonchev–Trinajstić information content (AvgIpc) is 3.52. The van der Waals surface area contributed by atoms with Crippen molar-refractivity contribution in [3.8, 4) is 11.5 Å². The van der Waals surface area contributed by atoms with Crippen LogP contribution in [0.1, 0.15) is 97.5 Å². The van der Waals surface area contributed by atoms with E-state index < -0.39 is 40.7 Å². The summed E-state index contributed by atoms with van der Waals surface area (Å²) in [6, 6.07) is 10.0. The summed E-state index contributed by atoms with van der Waals surface area (Å²) in [5, 5.41) is 1.86. The van der Waals surface area contributed by atoms with Crippen LogP contribution in [0.3, 0.4) is 0 Å². The lowest BCUT2D eigenvalue weighted by atomic mass is 9.70. The van der Waals surface area contributed by atoms with Crippen LogP contribution in [0.2, 0.25) is 0 Å². The maximum Gasteiger partial charge on any atom is 0.312 e. The normalized spacial score (nSPS) is 26.3. The van der Waals surface area contributed by atoms with Gasteiger partial charge in [0, 0.05) is 29.6 Å². The van der Waals surface area contributed by atoms with Gasteiger partial charge >= 0.3 is 11.9 Å². The van der Waals surface area contributed by atoms with Gasteiger partial charge in [0.2, 0.25) is 0 Å². The highest BCUT2D eigenvalue weighted by atomic mass is 16.5. The molecule has 3 fully saturated rings. The van der Waals surface area contributed by atoms with Crippen molar-refractivity contribution < 1.29 is 38.1 Å². The number of carbonyl (C=O) groups excluding carboxylic acids is 4. The van der Waals surface area contributed by atoms with Gasteiger partial charge in [0.25, 0.3) is 0 Å². The Bertz CT molecular complexity index is 1800. The lowest BCUT2D eigenvalue weighted by molar-refractivity contribution is -0.154. The molecule has 0 amide bonds. The van der Waals surface area contributed by atoms with Crippen molar-refractivity contribution in [3.63, 3.8) is 0 Å². The molecule has 0 saturated heterocycles. The molecule has 2 aromatic carbocycles. The number of rotatable bonds is 14. The van der Waals surface area contributed by atoms with Crippen molar-refractivity contribution in [2.75, 3.05) is 14.2 Å². The number of ether oxygens (including phenoxy) is 4. The number of Topliss-reactive ketones (excluding diaryl/α,β-unsaturated/α-hetero) is 2. The van der Waals surface area contributed by atoms with Crippen LogP contribution in [0.15, 0.2) is 60.7 Å². The molecule has 0 aliphatic heterocycles. The molecule has 0 heterocycles. The molecule has 52 heavy (non-hydrogen) atoms. The summed E-state index contributed by atoms with van der Waals surface area (Å²) in [7, 11) is 2.98. The highest BCUT2D eigenvalue weighted by molar-refractivity contribution is 5.97. The number of ketones is 2.